The first-order valence-corrected chi connectivity index (χ1v) is 5.71. The third kappa shape index (κ3) is 2.30. The van der Waals surface area contributed by atoms with Crippen LogP contribution in [0.5, 0.6) is 5.75 Å². The summed E-state index contributed by atoms with van der Waals surface area (Å²) in [6, 6.07) is 4.61. The Morgan fingerprint density at radius 3 is 3.00 bits per heavy atom. The van der Waals surface area contributed by atoms with Crippen molar-refractivity contribution in [3.05, 3.63) is 29.6 Å². The second kappa shape index (κ2) is 5.09. The second-order valence-electron chi connectivity index (χ2n) is 4.26. The Kier molecular flexibility index (Phi) is 3.52. The van der Waals surface area contributed by atoms with Gasteiger partial charge in [0.05, 0.1) is 13.7 Å². The maximum Gasteiger partial charge on any atom is 0.224 e. The monoisotopic (exact) mass is 247 g/mol. The minimum absolute atomic E-state index is 0.0387. The van der Waals surface area contributed by atoms with E-state index in [1.165, 1.54) is 13.2 Å². The van der Waals surface area contributed by atoms with Crippen molar-refractivity contribution in [1.82, 2.24) is 4.90 Å². The number of ether oxygens (including phenoxy) is 1. The van der Waals surface area contributed by atoms with E-state index in [2.05, 4.69) is 5.92 Å². The molecule has 94 valence electrons. The lowest BCUT2D eigenvalue weighted by Gasteiger charge is -2.18. The summed E-state index contributed by atoms with van der Waals surface area (Å²) in [5.41, 5.74) is 0.394. The smallest absolute Gasteiger partial charge is 0.224 e. The first kappa shape index (κ1) is 12.4. The zero-order valence-electron chi connectivity index (χ0n) is 10.1. The standard InChI is InChI=1S/C14H14FNO2/c1-3-10-7-14(17)16(8-10)9-11-12(15)5-4-6-13(11)18-2/h1,4-6,10H,7-9H2,2H3. The third-order valence-corrected chi connectivity index (χ3v) is 3.09. The van der Waals surface area contributed by atoms with Crippen molar-refractivity contribution in [2.24, 2.45) is 5.92 Å². The Labute approximate surface area is 106 Å². The Hall–Kier alpha value is -2.02. The van der Waals surface area contributed by atoms with E-state index in [-0.39, 0.29) is 24.2 Å². The first-order chi connectivity index (χ1) is 8.65. The van der Waals surface area contributed by atoms with Gasteiger partial charge in [-0.3, -0.25) is 4.79 Å². The zero-order valence-corrected chi connectivity index (χ0v) is 10.1. The number of carbonyl (C=O) groups is 1. The first-order valence-electron chi connectivity index (χ1n) is 5.71. The van der Waals surface area contributed by atoms with Crippen LogP contribution in [-0.4, -0.2) is 24.5 Å². The molecule has 3 nitrogen and oxygen atoms in total. The molecular formula is C14H14FNO2. The predicted octanol–water partition coefficient (Wildman–Crippen LogP) is 1.82. The highest BCUT2D eigenvalue weighted by Crippen LogP contribution is 2.26. The molecular weight excluding hydrogens is 233 g/mol. The van der Waals surface area contributed by atoms with E-state index in [9.17, 15) is 9.18 Å². The van der Waals surface area contributed by atoms with Crippen molar-refractivity contribution in [1.29, 1.82) is 0 Å². The van der Waals surface area contributed by atoms with E-state index < -0.39 is 0 Å². The molecule has 1 heterocycles. The number of carbonyl (C=O) groups excluding carboxylic acids is 1. The molecule has 1 atom stereocenters. The van der Waals surface area contributed by atoms with Crippen LogP contribution >= 0.6 is 0 Å². The molecule has 0 aliphatic carbocycles. The van der Waals surface area contributed by atoms with E-state index in [4.69, 9.17) is 11.2 Å². The topological polar surface area (TPSA) is 29.5 Å². The largest absolute Gasteiger partial charge is 0.496 e. The minimum atomic E-state index is -0.369. The number of hydrogen-bond acceptors (Lipinski definition) is 2. The number of methoxy groups -OCH3 is 1. The van der Waals surface area contributed by atoms with Crippen LogP contribution in [0.1, 0.15) is 12.0 Å². The molecule has 0 aromatic heterocycles. The molecule has 1 amide bonds. The average molecular weight is 247 g/mol. The molecule has 1 aliphatic heterocycles. The molecule has 0 radical (unpaired) electrons. The number of terminal acetylenes is 1. The normalized spacial score (nSPS) is 18.8. The molecule has 2 rings (SSSR count). The van der Waals surface area contributed by atoms with Crippen molar-refractivity contribution in [3.8, 4) is 18.1 Å². The minimum Gasteiger partial charge on any atom is -0.496 e. The van der Waals surface area contributed by atoms with Gasteiger partial charge >= 0.3 is 0 Å². The van der Waals surface area contributed by atoms with Crippen LogP contribution in [0.4, 0.5) is 4.39 Å². The summed E-state index contributed by atoms with van der Waals surface area (Å²) in [5, 5.41) is 0. The van der Waals surface area contributed by atoms with Gasteiger partial charge in [0.2, 0.25) is 5.91 Å². The van der Waals surface area contributed by atoms with E-state index in [0.717, 1.165) is 0 Å². The molecule has 0 bridgehead atoms. The highest BCUT2D eigenvalue weighted by molar-refractivity contribution is 5.79. The molecule has 1 fully saturated rings. The van der Waals surface area contributed by atoms with Crippen LogP contribution in [0.15, 0.2) is 18.2 Å². The second-order valence-corrected chi connectivity index (χ2v) is 4.26. The van der Waals surface area contributed by atoms with Crippen molar-refractivity contribution in [2.75, 3.05) is 13.7 Å². The van der Waals surface area contributed by atoms with Gasteiger partial charge in [-0.05, 0) is 12.1 Å². The van der Waals surface area contributed by atoms with Crippen LogP contribution in [0, 0.1) is 24.1 Å². The number of halogens is 1. The molecule has 0 saturated carbocycles. The highest BCUT2D eigenvalue weighted by atomic mass is 19.1. The van der Waals surface area contributed by atoms with E-state index in [1.54, 1.807) is 17.0 Å². The van der Waals surface area contributed by atoms with E-state index in [1.807, 2.05) is 0 Å². The zero-order chi connectivity index (χ0) is 13.1. The van der Waals surface area contributed by atoms with Crippen LogP contribution < -0.4 is 4.74 Å². The fourth-order valence-electron chi connectivity index (χ4n) is 2.11. The van der Waals surface area contributed by atoms with Gasteiger partial charge in [0, 0.05) is 24.4 Å². The van der Waals surface area contributed by atoms with Gasteiger partial charge in [-0.1, -0.05) is 6.07 Å². The summed E-state index contributed by atoms with van der Waals surface area (Å²) >= 11 is 0. The fourth-order valence-corrected chi connectivity index (χ4v) is 2.11. The van der Waals surface area contributed by atoms with Gasteiger partial charge in [0.25, 0.3) is 0 Å². The van der Waals surface area contributed by atoms with Crippen molar-refractivity contribution in [2.45, 2.75) is 13.0 Å². The molecule has 1 aromatic rings. The van der Waals surface area contributed by atoms with Crippen LogP contribution in [-0.2, 0) is 11.3 Å². The number of benzene rings is 1. The van der Waals surface area contributed by atoms with Gasteiger partial charge in [-0.15, -0.1) is 12.3 Å². The SMILES string of the molecule is C#CC1CC(=O)N(Cc2c(F)cccc2OC)C1. The Balaban J connectivity index is 2.20. The fraction of sp³-hybridized carbons (Fsp3) is 0.357. The highest BCUT2D eigenvalue weighted by Gasteiger charge is 2.29. The lowest BCUT2D eigenvalue weighted by molar-refractivity contribution is -0.128. The molecule has 4 heteroatoms. The van der Waals surface area contributed by atoms with Crippen LogP contribution in [0.3, 0.4) is 0 Å². The number of amides is 1. The summed E-state index contributed by atoms with van der Waals surface area (Å²) in [6.45, 7) is 0.680. The number of hydrogen-bond donors (Lipinski definition) is 0. The van der Waals surface area contributed by atoms with Crippen LogP contribution in [0.25, 0.3) is 0 Å². The maximum atomic E-state index is 13.7. The number of nitrogens with zero attached hydrogens (tertiary/aromatic N) is 1. The summed E-state index contributed by atoms with van der Waals surface area (Å²) in [7, 11) is 1.48. The molecule has 1 unspecified atom stereocenters. The van der Waals surface area contributed by atoms with Crippen molar-refractivity contribution in [3.63, 3.8) is 0 Å². The van der Waals surface area contributed by atoms with Gasteiger partial charge < -0.3 is 9.64 Å². The van der Waals surface area contributed by atoms with E-state index >= 15 is 0 Å². The summed E-state index contributed by atoms with van der Waals surface area (Å²) in [6.07, 6.45) is 5.65. The van der Waals surface area contributed by atoms with Crippen molar-refractivity contribution >= 4 is 5.91 Å². The summed E-state index contributed by atoms with van der Waals surface area (Å²) in [5.74, 6) is 2.54. The summed E-state index contributed by atoms with van der Waals surface area (Å²) in [4.78, 5) is 13.3. The lowest BCUT2D eigenvalue weighted by atomic mass is 10.1. The molecule has 0 spiro atoms. The van der Waals surface area contributed by atoms with Gasteiger partial charge in [-0.2, -0.15) is 0 Å². The summed E-state index contributed by atoms with van der Waals surface area (Å²) < 4.78 is 18.8. The molecule has 18 heavy (non-hydrogen) atoms. The molecule has 1 saturated heterocycles. The van der Waals surface area contributed by atoms with Crippen molar-refractivity contribution < 1.29 is 13.9 Å². The number of rotatable bonds is 3. The molecule has 0 N–H and O–H groups in total. The molecule has 1 aromatic carbocycles. The van der Waals surface area contributed by atoms with Gasteiger partial charge in [0.15, 0.2) is 0 Å². The predicted molar refractivity (Wildman–Crippen MR) is 65.3 cm³/mol. The van der Waals surface area contributed by atoms with Crippen LogP contribution in [0.2, 0.25) is 0 Å². The van der Waals surface area contributed by atoms with Gasteiger partial charge in [-0.25, -0.2) is 4.39 Å². The van der Waals surface area contributed by atoms with E-state index in [0.29, 0.717) is 24.3 Å². The lowest BCUT2D eigenvalue weighted by Crippen LogP contribution is -2.25. The average Bonchev–Trinajstić information content (AvgIpc) is 2.73. The third-order valence-electron chi connectivity index (χ3n) is 3.09. The maximum absolute atomic E-state index is 13.7. The Morgan fingerprint density at radius 1 is 1.61 bits per heavy atom. The Bertz CT molecular complexity index is 507. The molecule has 1 aliphatic rings. The quantitative estimate of drug-likeness (QED) is 0.762. The number of likely N-dealkylation sites (tertiary alicyclic amines) is 1. The Morgan fingerprint density at radius 2 is 2.39 bits per heavy atom. The van der Waals surface area contributed by atoms with Gasteiger partial charge in [0.1, 0.15) is 11.6 Å².